The zero-order valence-electron chi connectivity index (χ0n) is 15.9. The average molecular weight is 366 g/mol. The van der Waals surface area contributed by atoms with Gasteiger partial charge in [0.25, 0.3) is 0 Å². The highest BCUT2D eigenvalue weighted by molar-refractivity contribution is 5.95. The van der Waals surface area contributed by atoms with E-state index in [4.69, 9.17) is 0 Å². The van der Waals surface area contributed by atoms with Crippen LogP contribution in [0.3, 0.4) is 0 Å². The molecule has 2 N–H and O–H groups in total. The fourth-order valence-corrected chi connectivity index (χ4v) is 3.19. The van der Waals surface area contributed by atoms with Gasteiger partial charge in [-0.15, -0.1) is 0 Å². The number of likely N-dealkylation sites (N-methyl/N-ethyl adjacent to an activating group) is 1. The van der Waals surface area contributed by atoms with Crippen LogP contribution in [-0.4, -0.2) is 49.9 Å². The van der Waals surface area contributed by atoms with Crippen LogP contribution < -0.4 is 15.5 Å². The normalized spacial score (nSPS) is 14.7. The third-order valence-electron chi connectivity index (χ3n) is 4.66. The summed E-state index contributed by atoms with van der Waals surface area (Å²) < 4.78 is 0. The zero-order valence-corrected chi connectivity index (χ0v) is 15.9. The van der Waals surface area contributed by atoms with E-state index in [1.54, 1.807) is 0 Å². The summed E-state index contributed by atoms with van der Waals surface area (Å²) in [6.45, 7) is 5.41. The van der Waals surface area contributed by atoms with Crippen molar-refractivity contribution < 1.29 is 9.59 Å². The van der Waals surface area contributed by atoms with E-state index in [2.05, 4.69) is 33.5 Å². The molecule has 1 fully saturated rings. The quantitative estimate of drug-likeness (QED) is 0.854. The highest BCUT2D eigenvalue weighted by Gasteiger charge is 2.17. The second-order valence-corrected chi connectivity index (χ2v) is 6.91. The van der Waals surface area contributed by atoms with Crippen molar-refractivity contribution in [1.29, 1.82) is 0 Å². The number of hydrogen-bond donors (Lipinski definition) is 2. The highest BCUT2D eigenvalue weighted by Crippen LogP contribution is 2.26. The number of amides is 2. The Labute approximate surface area is 160 Å². The van der Waals surface area contributed by atoms with E-state index in [1.807, 2.05) is 42.5 Å². The minimum atomic E-state index is -0.110. The fourth-order valence-electron chi connectivity index (χ4n) is 3.19. The monoisotopic (exact) mass is 366 g/mol. The van der Waals surface area contributed by atoms with Crippen LogP contribution in [0.25, 0.3) is 0 Å². The molecule has 1 saturated heterocycles. The summed E-state index contributed by atoms with van der Waals surface area (Å²) in [6.07, 6.45) is 0.289. The van der Waals surface area contributed by atoms with Crippen LogP contribution in [-0.2, 0) is 16.0 Å². The Morgan fingerprint density at radius 1 is 0.926 bits per heavy atom. The molecule has 2 amide bonds. The summed E-state index contributed by atoms with van der Waals surface area (Å²) in [5, 5.41) is 5.77. The Morgan fingerprint density at radius 2 is 1.59 bits per heavy atom. The summed E-state index contributed by atoms with van der Waals surface area (Å²) >= 11 is 0. The highest BCUT2D eigenvalue weighted by atomic mass is 16.2. The summed E-state index contributed by atoms with van der Waals surface area (Å²) in [6, 6.07) is 15.3. The van der Waals surface area contributed by atoms with Gasteiger partial charge < -0.3 is 20.4 Å². The minimum absolute atomic E-state index is 0.0520. The van der Waals surface area contributed by atoms with Gasteiger partial charge in [-0.1, -0.05) is 24.3 Å². The molecule has 3 rings (SSSR count). The Bertz CT molecular complexity index is 796. The number of para-hydroxylation sites is 2. The van der Waals surface area contributed by atoms with Crippen molar-refractivity contribution in [3.05, 3.63) is 54.1 Å². The molecule has 1 aliphatic rings. The molecule has 0 aromatic heterocycles. The molecule has 1 aliphatic heterocycles. The number of hydrogen-bond acceptors (Lipinski definition) is 4. The number of piperazine rings is 1. The number of anilines is 3. The molecule has 1 heterocycles. The maximum Gasteiger partial charge on any atom is 0.228 e. The predicted molar refractivity (Wildman–Crippen MR) is 109 cm³/mol. The molecule has 2 aromatic rings. The van der Waals surface area contributed by atoms with E-state index in [1.165, 1.54) is 6.92 Å². The molecule has 27 heavy (non-hydrogen) atoms. The molecule has 142 valence electrons. The first-order valence-electron chi connectivity index (χ1n) is 9.20. The number of nitrogens with one attached hydrogen (secondary N) is 2. The number of rotatable bonds is 5. The molecular weight excluding hydrogens is 340 g/mol. The second-order valence-electron chi connectivity index (χ2n) is 6.91. The summed E-state index contributed by atoms with van der Waals surface area (Å²) in [4.78, 5) is 28.2. The smallest absolute Gasteiger partial charge is 0.228 e. The van der Waals surface area contributed by atoms with E-state index in [0.717, 1.165) is 48.8 Å². The first kappa shape index (κ1) is 18.9. The lowest BCUT2D eigenvalue weighted by molar-refractivity contribution is -0.116. The number of nitrogens with zero attached hydrogens (tertiary/aromatic N) is 2. The van der Waals surface area contributed by atoms with Gasteiger partial charge in [-0.05, 0) is 36.9 Å². The SMILES string of the molecule is CC(=O)Nc1ccc(CC(=O)Nc2ccccc2N2CCN(C)CC2)cc1. The molecular formula is C21H26N4O2. The third-order valence-corrected chi connectivity index (χ3v) is 4.66. The van der Waals surface area contributed by atoms with Crippen LogP contribution in [0.5, 0.6) is 0 Å². The van der Waals surface area contributed by atoms with Gasteiger partial charge in [0.15, 0.2) is 0 Å². The maximum atomic E-state index is 12.5. The average Bonchev–Trinajstić information content (AvgIpc) is 2.64. The van der Waals surface area contributed by atoms with Gasteiger partial charge in [0.05, 0.1) is 17.8 Å². The van der Waals surface area contributed by atoms with Crippen LogP contribution in [0.4, 0.5) is 17.1 Å². The fraction of sp³-hybridized carbons (Fsp3) is 0.333. The lowest BCUT2D eigenvalue weighted by Gasteiger charge is -2.35. The lowest BCUT2D eigenvalue weighted by atomic mass is 10.1. The van der Waals surface area contributed by atoms with Crippen molar-refractivity contribution in [2.24, 2.45) is 0 Å². The maximum absolute atomic E-state index is 12.5. The van der Waals surface area contributed by atoms with Gasteiger partial charge in [0, 0.05) is 38.8 Å². The first-order chi connectivity index (χ1) is 13.0. The van der Waals surface area contributed by atoms with Crippen LogP contribution in [0.15, 0.2) is 48.5 Å². The topological polar surface area (TPSA) is 64.7 Å². The van der Waals surface area contributed by atoms with Gasteiger partial charge in [0.1, 0.15) is 0 Å². The molecule has 6 heteroatoms. The molecule has 0 spiro atoms. The van der Waals surface area contributed by atoms with Crippen LogP contribution >= 0.6 is 0 Å². The number of carbonyl (C=O) groups excluding carboxylic acids is 2. The molecule has 6 nitrogen and oxygen atoms in total. The second kappa shape index (κ2) is 8.68. The van der Waals surface area contributed by atoms with Gasteiger partial charge in [-0.25, -0.2) is 0 Å². The molecule has 0 aliphatic carbocycles. The van der Waals surface area contributed by atoms with Gasteiger partial charge in [-0.2, -0.15) is 0 Å². The first-order valence-corrected chi connectivity index (χ1v) is 9.20. The van der Waals surface area contributed by atoms with E-state index >= 15 is 0 Å². The van der Waals surface area contributed by atoms with Crippen molar-refractivity contribution in [2.75, 3.05) is 48.8 Å². The summed E-state index contributed by atoms with van der Waals surface area (Å²) in [5.74, 6) is -0.162. The van der Waals surface area contributed by atoms with Crippen molar-refractivity contribution >= 4 is 28.9 Å². The summed E-state index contributed by atoms with van der Waals surface area (Å²) in [5.41, 5.74) is 3.55. The largest absolute Gasteiger partial charge is 0.367 e. The minimum Gasteiger partial charge on any atom is -0.367 e. The van der Waals surface area contributed by atoms with E-state index in [0.29, 0.717) is 0 Å². The van der Waals surface area contributed by atoms with E-state index < -0.39 is 0 Å². The molecule has 0 atom stereocenters. The van der Waals surface area contributed by atoms with Gasteiger partial charge in [0.2, 0.25) is 11.8 Å². The van der Waals surface area contributed by atoms with Gasteiger partial charge in [-0.3, -0.25) is 9.59 Å². The van der Waals surface area contributed by atoms with Crippen molar-refractivity contribution in [3.8, 4) is 0 Å². The van der Waals surface area contributed by atoms with Gasteiger partial charge >= 0.3 is 0 Å². The molecule has 0 unspecified atom stereocenters. The number of benzene rings is 2. The standard InChI is InChI=1S/C21H26N4O2/c1-16(26)22-18-9-7-17(8-10-18)15-21(27)23-19-5-3-4-6-20(19)25-13-11-24(2)12-14-25/h3-10H,11-15H2,1-2H3,(H,22,26)(H,23,27). The van der Waals surface area contributed by atoms with Crippen molar-refractivity contribution in [2.45, 2.75) is 13.3 Å². The van der Waals surface area contributed by atoms with Crippen LogP contribution in [0, 0.1) is 0 Å². The Morgan fingerprint density at radius 3 is 2.26 bits per heavy atom. The Hall–Kier alpha value is -2.86. The van der Waals surface area contributed by atoms with Crippen LogP contribution in [0.1, 0.15) is 12.5 Å². The molecule has 0 bridgehead atoms. The third kappa shape index (κ3) is 5.31. The Balaban J connectivity index is 1.63. The summed E-state index contributed by atoms with van der Waals surface area (Å²) in [7, 11) is 2.13. The van der Waals surface area contributed by atoms with E-state index in [9.17, 15) is 9.59 Å². The van der Waals surface area contributed by atoms with Crippen molar-refractivity contribution in [3.63, 3.8) is 0 Å². The Kier molecular flexibility index (Phi) is 6.08. The van der Waals surface area contributed by atoms with Crippen molar-refractivity contribution in [1.82, 2.24) is 4.90 Å². The molecule has 0 saturated carbocycles. The number of carbonyl (C=O) groups is 2. The lowest BCUT2D eigenvalue weighted by Crippen LogP contribution is -2.44. The zero-order chi connectivity index (χ0) is 19.2. The van der Waals surface area contributed by atoms with E-state index in [-0.39, 0.29) is 18.2 Å². The predicted octanol–water partition coefficient (Wildman–Crippen LogP) is 2.58. The molecule has 0 radical (unpaired) electrons. The molecule has 2 aromatic carbocycles. The van der Waals surface area contributed by atoms with Crippen LogP contribution in [0.2, 0.25) is 0 Å².